The summed E-state index contributed by atoms with van der Waals surface area (Å²) in [6.45, 7) is 3.97. The Bertz CT molecular complexity index is 626. The van der Waals surface area contributed by atoms with Crippen LogP contribution in [-0.4, -0.2) is 5.11 Å². The van der Waals surface area contributed by atoms with Gasteiger partial charge in [-0.3, -0.25) is 0 Å². The van der Waals surface area contributed by atoms with E-state index in [0.29, 0.717) is 5.02 Å². The van der Waals surface area contributed by atoms with E-state index in [0.717, 1.165) is 31.2 Å². The Morgan fingerprint density at radius 2 is 1.63 bits per heavy atom. The van der Waals surface area contributed by atoms with Gasteiger partial charge in [-0.1, -0.05) is 49.5 Å². The van der Waals surface area contributed by atoms with Gasteiger partial charge < -0.3 is 5.11 Å². The monoisotopic (exact) mass is 402 g/mol. The third-order valence-corrected chi connectivity index (χ3v) is 4.88. The first kappa shape index (κ1) is 15.0. The van der Waals surface area contributed by atoms with Crippen LogP contribution in [0.5, 0.6) is 0 Å². The summed E-state index contributed by atoms with van der Waals surface area (Å²) in [7, 11) is 0. The number of halogens is 3. The predicted molar refractivity (Wildman–Crippen MR) is 86.8 cm³/mol. The second kappa shape index (κ2) is 5.96. The van der Waals surface area contributed by atoms with Gasteiger partial charge in [0.1, 0.15) is 6.10 Å². The van der Waals surface area contributed by atoms with Gasteiger partial charge in [-0.15, -0.1) is 0 Å². The molecule has 0 bridgehead atoms. The first-order chi connectivity index (χ1) is 8.90. The van der Waals surface area contributed by atoms with Crippen molar-refractivity contribution in [3.63, 3.8) is 0 Å². The SMILES string of the molecule is Cc1cc(Br)c(C(O)c2cc(Cl)ccc2C)cc1Br. The molecule has 0 saturated carbocycles. The number of benzene rings is 2. The van der Waals surface area contributed by atoms with E-state index in [2.05, 4.69) is 31.9 Å². The Hall–Kier alpha value is -0.350. The number of aliphatic hydroxyl groups excluding tert-OH is 1. The van der Waals surface area contributed by atoms with E-state index in [4.69, 9.17) is 11.6 Å². The van der Waals surface area contributed by atoms with Gasteiger partial charge in [0.05, 0.1) is 0 Å². The molecule has 0 aliphatic rings. The van der Waals surface area contributed by atoms with Gasteiger partial charge in [-0.25, -0.2) is 0 Å². The lowest BCUT2D eigenvalue weighted by molar-refractivity contribution is 0.218. The first-order valence-corrected chi connectivity index (χ1v) is 7.76. The van der Waals surface area contributed by atoms with E-state index >= 15 is 0 Å². The zero-order valence-corrected chi connectivity index (χ0v) is 14.5. The van der Waals surface area contributed by atoms with Crippen LogP contribution in [0.1, 0.15) is 28.4 Å². The predicted octanol–water partition coefficient (Wildman–Crippen LogP) is 5.56. The molecule has 1 unspecified atom stereocenters. The van der Waals surface area contributed by atoms with Crippen LogP contribution in [0.3, 0.4) is 0 Å². The van der Waals surface area contributed by atoms with Crippen molar-refractivity contribution in [2.24, 2.45) is 0 Å². The van der Waals surface area contributed by atoms with Crippen LogP contribution >= 0.6 is 43.5 Å². The minimum Gasteiger partial charge on any atom is -0.384 e. The van der Waals surface area contributed by atoms with Crippen LogP contribution in [0.25, 0.3) is 0 Å². The van der Waals surface area contributed by atoms with Crippen LogP contribution in [-0.2, 0) is 0 Å². The molecule has 1 N–H and O–H groups in total. The van der Waals surface area contributed by atoms with Crippen molar-refractivity contribution >= 4 is 43.5 Å². The van der Waals surface area contributed by atoms with Gasteiger partial charge in [0.15, 0.2) is 0 Å². The summed E-state index contributed by atoms with van der Waals surface area (Å²) in [4.78, 5) is 0. The topological polar surface area (TPSA) is 20.2 Å². The van der Waals surface area contributed by atoms with Crippen LogP contribution in [0.15, 0.2) is 39.3 Å². The molecule has 2 aromatic carbocycles. The molecule has 0 fully saturated rings. The van der Waals surface area contributed by atoms with Gasteiger partial charge in [0.2, 0.25) is 0 Å². The van der Waals surface area contributed by atoms with Crippen molar-refractivity contribution in [3.8, 4) is 0 Å². The molecule has 0 radical (unpaired) electrons. The molecular weight excluding hydrogens is 391 g/mol. The van der Waals surface area contributed by atoms with E-state index < -0.39 is 6.10 Å². The second-order valence-corrected chi connectivity index (χ2v) is 6.67. The molecule has 1 atom stereocenters. The largest absolute Gasteiger partial charge is 0.384 e. The summed E-state index contributed by atoms with van der Waals surface area (Å²) in [5, 5.41) is 11.2. The number of aliphatic hydroxyl groups is 1. The lowest BCUT2D eigenvalue weighted by Crippen LogP contribution is -2.03. The smallest absolute Gasteiger partial charge is 0.105 e. The van der Waals surface area contributed by atoms with E-state index in [1.807, 2.05) is 44.2 Å². The van der Waals surface area contributed by atoms with Gasteiger partial charge >= 0.3 is 0 Å². The molecule has 2 rings (SSSR count). The van der Waals surface area contributed by atoms with Crippen molar-refractivity contribution in [1.82, 2.24) is 0 Å². The highest BCUT2D eigenvalue weighted by Gasteiger charge is 2.17. The first-order valence-electron chi connectivity index (χ1n) is 5.80. The quantitative estimate of drug-likeness (QED) is 0.694. The molecule has 100 valence electrons. The fourth-order valence-corrected chi connectivity index (χ4v) is 3.16. The maximum absolute atomic E-state index is 10.6. The average molecular weight is 405 g/mol. The molecule has 0 heterocycles. The summed E-state index contributed by atoms with van der Waals surface area (Å²) in [5.74, 6) is 0. The average Bonchev–Trinajstić information content (AvgIpc) is 2.36. The molecule has 2 aromatic rings. The minimum absolute atomic E-state index is 0.627. The molecule has 0 aliphatic carbocycles. The summed E-state index contributed by atoms with van der Waals surface area (Å²) in [6.07, 6.45) is -0.704. The van der Waals surface area contributed by atoms with Gasteiger partial charge in [0.25, 0.3) is 0 Å². The summed E-state index contributed by atoms with van der Waals surface area (Å²) in [5.41, 5.74) is 3.78. The Morgan fingerprint density at radius 3 is 2.32 bits per heavy atom. The van der Waals surface area contributed by atoms with E-state index in [1.54, 1.807) is 0 Å². The Balaban J connectivity index is 2.52. The highest BCUT2D eigenvalue weighted by Crippen LogP contribution is 2.34. The van der Waals surface area contributed by atoms with Crippen LogP contribution in [0, 0.1) is 13.8 Å². The molecule has 19 heavy (non-hydrogen) atoms. The summed E-state index contributed by atoms with van der Waals surface area (Å²) in [6, 6.07) is 9.47. The third kappa shape index (κ3) is 3.22. The third-order valence-electron chi connectivity index (χ3n) is 3.11. The number of hydrogen-bond donors (Lipinski definition) is 1. The zero-order valence-electron chi connectivity index (χ0n) is 10.5. The lowest BCUT2D eigenvalue weighted by atomic mass is 9.97. The van der Waals surface area contributed by atoms with Crippen LogP contribution in [0.4, 0.5) is 0 Å². The normalized spacial score (nSPS) is 12.5. The Labute approximate surface area is 134 Å². The molecule has 4 heteroatoms. The standard InChI is InChI=1S/C15H13Br2ClO/c1-8-3-4-10(18)6-11(8)15(19)12-7-13(16)9(2)5-14(12)17/h3-7,15,19H,1-2H3. The fraction of sp³-hybridized carbons (Fsp3) is 0.200. The van der Waals surface area contributed by atoms with Crippen molar-refractivity contribution in [2.45, 2.75) is 20.0 Å². The molecule has 0 spiro atoms. The second-order valence-electron chi connectivity index (χ2n) is 4.53. The van der Waals surface area contributed by atoms with Gasteiger partial charge in [-0.05, 0) is 54.8 Å². The lowest BCUT2D eigenvalue weighted by Gasteiger charge is -2.17. The number of rotatable bonds is 2. The molecule has 0 saturated heterocycles. The number of hydrogen-bond acceptors (Lipinski definition) is 1. The Morgan fingerprint density at radius 1 is 0.947 bits per heavy atom. The van der Waals surface area contributed by atoms with E-state index in [1.165, 1.54) is 0 Å². The van der Waals surface area contributed by atoms with Crippen molar-refractivity contribution in [1.29, 1.82) is 0 Å². The number of aryl methyl sites for hydroxylation is 2. The summed E-state index contributed by atoms with van der Waals surface area (Å²) < 4.78 is 1.87. The van der Waals surface area contributed by atoms with Crippen LogP contribution < -0.4 is 0 Å². The maximum Gasteiger partial charge on any atom is 0.105 e. The minimum atomic E-state index is -0.704. The van der Waals surface area contributed by atoms with E-state index in [9.17, 15) is 5.11 Å². The molecule has 0 amide bonds. The fourth-order valence-electron chi connectivity index (χ4n) is 1.94. The molecule has 0 aromatic heterocycles. The highest BCUT2D eigenvalue weighted by molar-refractivity contribution is 9.11. The molecule has 1 nitrogen and oxygen atoms in total. The van der Waals surface area contributed by atoms with Crippen molar-refractivity contribution < 1.29 is 5.11 Å². The van der Waals surface area contributed by atoms with Crippen LogP contribution in [0.2, 0.25) is 5.02 Å². The van der Waals surface area contributed by atoms with Gasteiger partial charge in [-0.2, -0.15) is 0 Å². The Kier molecular flexibility index (Phi) is 4.72. The summed E-state index contributed by atoms with van der Waals surface area (Å²) >= 11 is 13.0. The van der Waals surface area contributed by atoms with Crippen molar-refractivity contribution in [3.05, 3.63) is 66.6 Å². The molecular formula is C15H13Br2ClO. The zero-order chi connectivity index (χ0) is 14.2. The highest BCUT2D eigenvalue weighted by atomic mass is 79.9. The molecule has 0 aliphatic heterocycles. The van der Waals surface area contributed by atoms with E-state index in [-0.39, 0.29) is 0 Å². The van der Waals surface area contributed by atoms with Gasteiger partial charge in [0, 0.05) is 19.5 Å². The van der Waals surface area contributed by atoms with Crippen molar-refractivity contribution in [2.75, 3.05) is 0 Å². The maximum atomic E-state index is 10.6.